The highest BCUT2D eigenvalue weighted by Gasteiger charge is 2.52. The van der Waals surface area contributed by atoms with Gasteiger partial charge in [0.25, 0.3) is 0 Å². The Morgan fingerprint density at radius 1 is 0.176 bits per heavy atom. The molecule has 18 aromatic rings. The highest BCUT2D eigenvalue weighted by molar-refractivity contribution is 6.18. The maximum atomic E-state index is 2.51. The molecule has 0 unspecified atom stereocenters. The van der Waals surface area contributed by atoms with Crippen LogP contribution in [0.25, 0.3) is 165 Å². The van der Waals surface area contributed by atoms with E-state index in [1.807, 2.05) is 0 Å². The molecule has 2 aromatic heterocycles. The second-order valence-corrected chi connectivity index (χ2v) is 25.0. The fraction of sp³-hybridized carbons (Fsp3) is 0.0112. The summed E-state index contributed by atoms with van der Waals surface area (Å²) >= 11 is 0. The van der Waals surface area contributed by atoms with Crippen LogP contribution in [0.3, 0.4) is 0 Å². The number of rotatable bonds is 6. The first kappa shape index (κ1) is 50.2. The van der Waals surface area contributed by atoms with E-state index in [2.05, 4.69) is 337 Å². The van der Waals surface area contributed by atoms with Gasteiger partial charge in [0, 0.05) is 32.3 Å². The molecule has 20 rings (SSSR count). The van der Waals surface area contributed by atoms with E-state index < -0.39 is 5.41 Å². The third-order valence-corrected chi connectivity index (χ3v) is 20.5. The number of benzene rings is 16. The molecular formula is C89H54N2. The third-order valence-electron chi connectivity index (χ3n) is 20.5. The fourth-order valence-corrected chi connectivity index (χ4v) is 16.5. The molecule has 0 atom stereocenters. The lowest BCUT2D eigenvalue weighted by Crippen LogP contribution is -2.26. The monoisotopic (exact) mass is 1150 g/mol. The maximum absolute atomic E-state index is 2.51. The molecule has 0 N–H and O–H groups in total. The van der Waals surface area contributed by atoms with Gasteiger partial charge in [-0.1, -0.05) is 267 Å². The van der Waals surface area contributed by atoms with Gasteiger partial charge in [0.1, 0.15) is 0 Å². The molecule has 0 aliphatic heterocycles. The predicted octanol–water partition coefficient (Wildman–Crippen LogP) is 23.5. The molecule has 0 saturated heterocycles. The van der Waals surface area contributed by atoms with Gasteiger partial charge in [-0.3, -0.25) is 0 Å². The first-order valence-corrected chi connectivity index (χ1v) is 31.7. The molecule has 0 radical (unpaired) electrons. The van der Waals surface area contributed by atoms with Crippen molar-refractivity contribution in [1.82, 2.24) is 9.13 Å². The fourth-order valence-electron chi connectivity index (χ4n) is 16.5. The lowest BCUT2D eigenvalue weighted by molar-refractivity contribution is 0.794. The van der Waals surface area contributed by atoms with Gasteiger partial charge in [-0.25, -0.2) is 0 Å². The van der Waals surface area contributed by atoms with Crippen LogP contribution in [0.1, 0.15) is 22.3 Å². The molecular weight excluding hydrogens is 1100 g/mol. The maximum Gasteiger partial charge on any atom is 0.0725 e. The zero-order valence-corrected chi connectivity index (χ0v) is 49.6. The van der Waals surface area contributed by atoms with Crippen LogP contribution in [0.5, 0.6) is 0 Å². The Hall–Kier alpha value is -11.8. The Balaban J connectivity index is 0.663. The average molecular weight is 1150 g/mol. The predicted molar refractivity (Wildman–Crippen MR) is 383 cm³/mol. The van der Waals surface area contributed by atoms with E-state index in [1.54, 1.807) is 0 Å². The molecule has 2 aliphatic rings. The second-order valence-electron chi connectivity index (χ2n) is 25.0. The summed E-state index contributed by atoms with van der Waals surface area (Å²) in [7, 11) is 0. The van der Waals surface area contributed by atoms with E-state index in [9.17, 15) is 0 Å². The van der Waals surface area contributed by atoms with Gasteiger partial charge in [0.05, 0.1) is 38.9 Å². The van der Waals surface area contributed by atoms with E-state index in [0.29, 0.717) is 0 Å². The van der Waals surface area contributed by atoms with Crippen molar-refractivity contribution in [2.24, 2.45) is 0 Å². The van der Waals surface area contributed by atoms with Crippen LogP contribution >= 0.6 is 0 Å². The smallest absolute Gasteiger partial charge is 0.0725 e. The SMILES string of the molecule is c1ccc2c(c1)-c1ccccc1C21c2cc(-c3ccc(-c4ccc5c(c4)c4ccccc4n5-c4cc5ccccc5c5ccccc45)cc3)ccc2-c2ccc(-c3ccc(-c4ccc5c(c4)c4ccccc4n5-c4cc5ccccc5c5ccccc45)cc3)cc21. The quantitative estimate of drug-likeness (QED) is 0.147. The molecule has 0 saturated carbocycles. The summed E-state index contributed by atoms with van der Waals surface area (Å²) in [4.78, 5) is 0. The average Bonchev–Trinajstić information content (AvgIpc) is 1.52. The molecule has 0 amide bonds. The molecule has 2 nitrogen and oxygen atoms in total. The van der Waals surface area contributed by atoms with Gasteiger partial charge in [-0.05, 0) is 182 Å². The molecule has 420 valence electrons. The van der Waals surface area contributed by atoms with Crippen LogP contribution in [0.4, 0.5) is 0 Å². The Morgan fingerprint density at radius 3 is 0.901 bits per heavy atom. The van der Waals surface area contributed by atoms with Gasteiger partial charge in [0.15, 0.2) is 0 Å². The van der Waals surface area contributed by atoms with Gasteiger partial charge < -0.3 is 9.13 Å². The Bertz CT molecular complexity index is 5750. The van der Waals surface area contributed by atoms with Crippen LogP contribution in [-0.2, 0) is 5.41 Å². The Kier molecular flexibility index (Phi) is 10.5. The topological polar surface area (TPSA) is 9.86 Å². The molecule has 2 heterocycles. The van der Waals surface area contributed by atoms with E-state index in [-0.39, 0.29) is 0 Å². The van der Waals surface area contributed by atoms with Crippen molar-refractivity contribution in [3.8, 4) is 78.1 Å². The van der Waals surface area contributed by atoms with E-state index in [4.69, 9.17) is 0 Å². The van der Waals surface area contributed by atoms with Gasteiger partial charge in [-0.15, -0.1) is 0 Å². The summed E-state index contributed by atoms with van der Waals surface area (Å²) in [6, 6.07) is 123. The summed E-state index contributed by atoms with van der Waals surface area (Å²) in [5, 5.41) is 15.1. The van der Waals surface area contributed by atoms with Crippen LogP contribution in [-0.4, -0.2) is 9.13 Å². The number of fused-ring (bicyclic) bond motifs is 22. The summed E-state index contributed by atoms with van der Waals surface area (Å²) in [5.74, 6) is 0. The lowest BCUT2D eigenvalue weighted by Gasteiger charge is -2.31. The minimum atomic E-state index is -0.509. The van der Waals surface area contributed by atoms with Crippen molar-refractivity contribution in [2.45, 2.75) is 5.41 Å². The molecule has 16 aromatic carbocycles. The lowest BCUT2D eigenvalue weighted by atomic mass is 9.70. The number of aromatic nitrogens is 2. The Morgan fingerprint density at radius 2 is 0.473 bits per heavy atom. The number of hydrogen-bond acceptors (Lipinski definition) is 0. The van der Waals surface area contributed by atoms with Crippen LogP contribution in [0, 0.1) is 0 Å². The van der Waals surface area contributed by atoms with Crippen molar-refractivity contribution >= 4 is 86.7 Å². The molecule has 2 heteroatoms. The molecule has 91 heavy (non-hydrogen) atoms. The largest absolute Gasteiger partial charge is 0.309 e. The molecule has 2 aliphatic carbocycles. The number of hydrogen-bond donors (Lipinski definition) is 0. The zero-order valence-electron chi connectivity index (χ0n) is 49.6. The van der Waals surface area contributed by atoms with Crippen molar-refractivity contribution in [2.75, 3.05) is 0 Å². The standard InChI is InChI=1S/C89H54N2/c1-3-19-65-63(17-1)53-87(73-25-7-5-21-67(65)73)90-83-31-15-11-27-75(83)77-49-59(43-47-85(77)90)55-33-37-57(38-34-55)61-41-45-71-72-46-42-62(52-82(72)89(81(71)51-61)79-29-13-9-23-69(79)70-24-10-14-30-80(70)89)58-39-35-56(36-40-58)60-44-48-86-78(50-60)76-28-12-16-32-84(76)91(86)88-54-64-18-2-4-20-66(64)68-22-6-8-26-74(68)88/h1-54H. The summed E-state index contributed by atoms with van der Waals surface area (Å²) in [6.07, 6.45) is 0. The highest BCUT2D eigenvalue weighted by atomic mass is 15.0. The normalized spacial score (nSPS) is 12.9. The summed E-state index contributed by atoms with van der Waals surface area (Å²) < 4.78 is 4.95. The first-order valence-electron chi connectivity index (χ1n) is 31.7. The van der Waals surface area contributed by atoms with Crippen molar-refractivity contribution < 1.29 is 0 Å². The highest BCUT2D eigenvalue weighted by Crippen LogP contribution is 2.63. The minimum absolute atomic E-state index is 0.509. The molecule has 1 spiro atoms. The summed E-state index contributed by atoms with van der Waals surface area (Å²) in [6.45, 7) is 0. The van der Waals surface area contributed by atoms with Crippen molar-refractivity contribution in [1.29, 1.82) is 0 Å². The van der Waals surface area contributed by atoms with E-state index >= 15 is 0 Å². The zero-order chi connectivity index (χ0) is 59.5. The van der Waals surface area contributed by atoms with Gasteiger partial charge in [-0.2, -0.15) is 0 Å². The second kappa shape index (κ2) is 19.1. The number of para-hydroxylation sites is 2. The molecule has 0 fully saturated rings. The number of nitrogens with zero attached hydrogens (tertiary/aromatic N) is 2. The van der Waals surface area contributed by atoms with E-state index in [1.165, 1.54) is 187 Å². The minimum Gasteiger partial charge on any atom is -0.309 e. The van der Waals surface area contributed by atoms with Crippen molar-refractivity contribution in [3.05, 3.63) is 350 Å². The first-order chi connectivity index (χ1) is 45.1. The summed E-state index contributed by atoms with van der Waals surface area (Å²) in [5.41, 5.74) is 26.8. The van der Waals surface area contributed by atoms with Gasteiger partial charge in [0.2, 0.25) is 0 Å². The van der Waals surface area contributed by atoms with E-state index in [0.717, 1.165) is 0 Å². The molecule has 0 bridgehead atoms. The Labute approximate surface area is 526 Å². The van der Waals surface area contributed by atoms with Gasteiger partial charge >= 0.3 is 0 Å². The van der Waals surface area contributed by atoms with Crippen LogP contribution in [0.2, 0.25) is 0 Å². The third kappa shape index (κ3) is 7.13. The van der Waals surface area contributed by atoms with Crippen molar-refractivity contribution in [3.63, 3.8) is 0 Å². The van der Waals surface area contributed by atoms with Crippen LogP contribution < -0.4 is 0 Å². The van der Waals surface area contributed by atoms with Crippen LogP contribution in [0.15, 0.2) is 328 Å².